The van der Waals surface area contributed by atoms with Gasteiger partial charge in [-0.25, -0.2) is 0 Å². The van der Waals surface area contributed by atoms with Gasteiger partial charge >= 0.3 is 0 Å². The number of benzene rings is 2. The van der Waals surface area contributed by atoms with E-state index in [1.165, 1.54) is 23.4 Å². The quantitative estimate of drug-likeness (QED) is 0.784. The number of nitrogens with zero attached hydrogens (tertiary/aromatic N) is 3. The summed E-state index contributed by atoms with van der Waals surface area (Å²) in [5.41, 5.74) is 6.77. The molecule has 0 atom stereocenters. The fraction of sp³-hybridized carbons (Fsp3) is 0.435. The number of phenols is 1. The van der Waals surface area contributed by atoms with E-state index in [9.17, 15) is 5.11 Å². The van der Waals surface area contributed by atoms with Crippen molar-refractivity contribution in [1.82, 2.24) is 0 Å². The van der Waals surface area contributed by atoms with E-state index in [4.69, 9.17) is 0 Å². The highest BCUT2D eigenvalue weighted by Crippen LogP contribution is 2.41. The van der Waals surface area contributed by atoms with Crippen LogP contribution in [0.15, 0.2) is 35.3 Å². The summed E-state index contributed by atoms with van der Waals surface area (Å²) in [7, 11) is 0. The Hall–Kier alpha value is -2.49. The third-order valence-electron chi connectivity index (χ3n) is 5.86. The summed E-state index contributed by atoms with van der Waals surface area (Å²) >= 11 is 0. The molecule has 2 aromatic carbocycles. The van der Waals surface area contributed by atoms with Gasteiger partial charge in [0.2, 0.25) is 0 Å². The van der Waals surface area contributed by atoms with E-state index in [0.29, 0.717) is 5.75 Å². The standard InChI is InChI=1S/C23H29N3O/c1-3-25(4-2)20-11-9-19(10-12-20)24-16-18-15-17-7-5-13-26-14-6-8-21(22(17)26)23(18)27/h9-12,15-16,27H,3-8,13-14H2,1-2H3. The zero-order valence-electron chi connectivity index (χ0n) is 16.4. The van der Waals surface area contributed by atoms with Crippen LogP contribution in [0.5, 0.6) is 5.75 Å². The molecule has 1 N–H and O–H groups in total. The molecule has 0 saturated carbocycles. The van der Waals surface area contributed by atoms with Gasteiger partial charge < -0.3 is 14.9 Å². The average Bonchev–Trinajstić information content (AvgIpc) is 2.71. The fourth-order valence-electron chi connectivity index (χ4n) is 4.45. The molecule has 2 aromatic rings. The lowest BCUT2D eigenvalue weighted by atomic mass is 9.89. The van der Waals surface area contributed by atoms with E-state index in [1.807, 2.05) is 18.3 Å². The number of phenolic OH excluding ortho intramolecular Hbond substituents is 1. The minimum absolute atomic E-state index is 0.420. The minimum Gasteiger partial charge on any atom is -0.507 e. The summed E-state index contributed by atoms with van der Waals surface area (Å²) in [6.07, 6.45) is 6.20. The lowest BCUT2D eigenvalue weighted by Crippen LogP contribution is -2.34. The smallest absolute Gasteiger partial charge is 0.129 e. The van der Waals surface area contributed by atoms with E-state index in [-0.39, 0.29) is 0 Å². The molecule has 4 rings (SSSR count). The number of hydrogen-bond donors (Lipinski definition) is 1. The van der Waals surface area contributed by atoms with Crippen LogP contribution in [0.4, 0.5) is 17.1 Å². The molecule has 27 heavy (non-hydrogen) atoms. The Labute approximate surface area is 162 Å². The first kappa shape index (κ1) is 17.9. The Balaban J connectivity index is 1.61. The van der Waals surface area contributed by atoms with Crippen molar-refractivity contribution in [1.29, 1.82) is 0 Å². The molecular weight excluding hydrogens is 334 g/mol. The maximum Gasteiger partial charge on any atom is 0.129 e. The molecule has 0 unspecified atom stereocenters. The second-order valence-electron chi connectivity index (χ2n) is 7.44. The predicted octanol–water partition coefficient (Wildman–Crippen LogP) is 4.69. The van der Waals surface area contributed by atoms with Crippen molar-refractivity contribution in [3.63, 3.8) is 0 Å². The Kier molecular flexibility index (Phi) is 5.06. The number of aromatic hydroxyl groups is 1. The van der Waals surface area contributed by atoms with Crippen molar-refractivity contribution in [3.05, 3.63) is 47.0 Å². The minimum atomic E-state index is 0.420. The van der Waals surface area contributed by atoms with E-state index in [2.05, 4.69) is 46.8 Å². The monoisotopic (exact) mass is 363 g/mol. The summed E-state index contributed by atoms with van der Waals surface area (Å²) < 4.78 is 0. The van der Waals surface area contributed by atoms with Crippen LogP contribution in [-0.2, 0) is 12.8 Å². The highest BCUT2D eigenvalue weighted by molar-refractivity contribution is 5.89. The van der Waals surface area contributed by atoms with Crippen LogP contribution in [0.1, 0.15) is 43.4 Å². The molecule has 0 spiro atoms. The normalized spacial score (nSPS) is 15.9. The van der Waals surface area contributed by atoms with Gasteiger partial charge in [0, 0.05) is 54.9 Å². The van der Waals surface area contributed by atoms with Crippen LogP contribution < -0.4 is 9.80 Å². The number of aliphatic imine (C=N–C) groups is 1. The van der Waals surface area contributed by atoms with Crippen LogP contribution in [0.2, 0.25) is 0 Å². The van der Waals surface area contributed by atoms with E-state index >= 15 is 0 Å². The first-order valence-electron chi connectivity index (χ1n) is 10.2. The molecular formula is C23H29N3O. The number of anilines is 2. The van der Waals surface area contributed by atoms with Crippen molar-refractivity contribution < 1.29 is 5.11 Å². The van der Waals surface area contributed by atoms with Crippen molar-refractivity contribution >= 4 is 23.3 Å². The van der Waals surface area contributed by atoms with Crippen molar-refractivity contribution in [2.24, 2.45) is 4.99 Å². The molecule has 4 nitrogen and oxygen atoms in total. The number of rotatable bonds is 5. The highest BCUT2D eigenvalue weighted by Gasteiger charge is 2.27. The van der Waals surface area contributed by atoms with E-state index in [0.717, 1.165) is 62.3 Å². The molecule has 4 heteroatoms. The highest BCUT2D eigenvalue weighted by atomic mass is 16.3. The van der Waals surface area contributed by atoms with Gasteiger partial charge in [0.1, 0.15) is 5.75 Å². The fourth-order valence-corrected chi connectivity index (χ4v) is 4.45. The zero-order valence-corrected chi connectivity index (χ0v) is 16.4. The van der Waals surface area contributed by atoms with Gasteiger partial charge in [0.25, 0.3) is 0 Å². The Morgan fingerprint density at radius 2 is 1.78 bits per heavy atom. The van der Waals surface area contributed by atoms with Gasteiger partial charge in [-0.3, -0.25) is 4.99 Å². The topological polar surface area (TPSA) is 39.1 Å². The Morgan fingerprint density at radius 1 is 1.07 bits per heavy atom. The third kappa shape index (κ3) is 3.41. The van der Waals surface area contributed by atoms with Crippen LogP contribution in [0.3, 0.4) is 0 Å². The maximum absolute atomic E-state index is 10.8. The summed E-state index contributed by atoms with van der Waals surface area (Å²) in [4.78, 5) is 9.40. The van der Waals surface area contributed by atoms with Crippen LogP contribution >= 0.6 is 0 Å². The molecule has 0 aromatic heterocycles. The lowest BCUT2D eigenvalue weighted by molar-refractivity contribution is 0.461. The average molecular weight is 364 g/mol. The maximum atomic E-state index is 10.8. The van der Waals surface area contributed by atoms with Crippen molar-refractivity contribution in [3.8, 4) is 5.75 Å². The molecule has 2 heterocycles. The molecule has 0 aliphatic carbocycles. The molecule has 2 aliphatic heterocycles. The molecule has 0 bridgehead atoms. The van der Waals surface area contributed by atoms with Crippen molar-refractivity contribution in [2.75, 3.05) is 36.0 Å². The Morgan fingerprint density at radius 3 is 2.48 bits per heavy atom. The number of aryl methyl sites for hydroxylation is 1. The van der Waals surface area contributed by atoms with Gasteiger partial charge in [-0.05, 0) is 75.4 Å². The van der Waals surface area contributed by atoms with Gasteiger partial charge in [-0.1, -0.05) is 0 Å². The molecule has 0 saturated heterocycles. The predicted molar refractivity (Wildman–Crippen MR) is 114 cm³/mol. The first-order chi connectivity index (χ1) is 13.2. The summed E-state index contributed by atoms with van der Waals surface area (Å²) in [5, 5.41) is 10.8. The Bertz CT molecular complexity index is 836. The van der Waals surface area contributed by atoms with Gasteiger partial charge in [0.05, 0.1) is 5.69 Å². The number of hydrogen-bond acceptors (Lipinski definition) is 4. The van der Waals surface area contributed by atoms with Crippen LogP contribution in [0.25, 0.3) is 0 Å². The van der Waals surface area contributed by atoms with Crippen LogP contribution in [0, 0.1) is 0 Å². The molecule has 0 radical (unpaired) electrons. The third-order valence-corrected chi connectivity index (χ3v) is 5.86. The molecule has 2 aliphatic rings. The van der Waals surface area contributed by atoms with Crippen LogP contribution in [-0.4, -0.2) is 37.5 Å². The second-order valence-corrected chi connectivity index (χ2v) is 7.44. The summed E-state index contributed by atoms with van der Waals surface area (Å²) in [6, 6.07) is 10.5. The van der Waals surface area contributed by atoms with E-state index < -0.39 is 0 Å². The van der Waals surface area contributed by atoms with E-state index in [1.54, 1.807) is 0 Å². The zero-order chi connectivity index (χ0) is 18.8. The van der Waals surface area contributed by atoms with Gasteiger partial charge in [0.15, 0.2) is 0 Å². The largest absolute Gasteiger partial charge is 0.507 e. The molecule has 0 amide bonds. The van der Waals surface area contributed by atoms with Crippen molar-refractivity contribution in [2.45, 2.75) is 39.5 Å². The summed E-state index contributed by atoms with van der Waals surface area (Å²) in [5.74, 6) is 0.420. The SMILES string of the molecule is CCN(CC)c1ccc(N=Cc2cc3c4c(c2O)CCCN4CCC3)cc1. The van der Waals surface area contributed by atoms with Gasteiger partial charge in [-0.2, -0.15) is 0 Å². The molecule has 0 fully saturated rings. The first-order valence-corrected chi connectivity index (χ1v) is 10.2. The molecule has 142 valence electrons. The lowest BCUT2D eigenvalue weighted by Gasteiger charge is -2.37. The second kappa shape index (κ2) is 7.63. The summed E-state index contributed by atoms with van der Waals surface area (Å²) in [6.45, 7) is 8.57. The van der Waals surface area contributed by atoms with Gasteiger partial charge in [-0.15, -0.1) is 0 Å².